The Morgan fingerprint density at radius 1 is 0.889 bits per heavy atom. The van der Waals surface area contributed by atoms with Crippen molar-refractivity contribution in [2.75, 3.05) is 13.2 Å². The van der Waals surface area contributed by atoms with Gasteiger partial charge in [0.25, 0.3) is 11.8 Å². The third-order valence-electron chi connectivity index (χ3n) is 3.09. The Balaban J connectivity index is 1.93. The van der Waals surface area contributed by atoms with Crippen molar-refractivity contribution in [1.82, 2.24) is 0 Å². The van der Waals surface area contributed by atoms with Gasteiger partial charge in [-0.1, -0.05) is 27.7 Å². The first kappa shape index (κ1) is 13.4. The van der Waals surface area contributed by atoms with Crippen LogP contribution in [0.1, 0.15) is 40.5 Å². The molecule has 4 heteroatoms. The third-order valence-corrected chi connectivity index (χ3v) is 3.09. The van der Waals surface area contributed by atoms with E-state index in [1.807, 2.05) is 0 Å². The average Bonchev–Trinajstić information content (AvgIpc) is 2.85. The first-order chi connectivity index (χ1) is 8.54. The molecule has 2 rings (SSSR count). The Bertz CT molecular complexity index is 314. The largest absolute Gasteiger partial charge is 0.472 e. The number of hydrogen-bond donors (Lipinski definition) is 0. The molecule has 4 nitrogen and oxygen atoms in total. The Morgan fingerprint density at radius 3 is 1.61 bits per heavy atom. The highest BCUT2D eigenvalue weighted by Gasteiger charge is 2.29. The summed E-state index contributed by atoms with van der Waals surface area (Å²) in [6.07, 6.45) is 2.12. The highest BCUT2D eigenvalue weighted by atomic mass is 16.5. The molecule has 0 aromatic heterocycles. The number of nitrogens with zero attached hydrogens (tertiary/aromatic N) is 2. The van der Waals surface area contributed by atoms with Crippen molar-refractivity contribution in [3.8, 4) is 0 Å². The number of hydrogen-bond acceptors (Lipinski definition) is 4. The summed E-state index contributed by atoms with van der Waals surface area (Å²) >= 11 is 0. The minimum atomic E-state index is 0.274. The van der Waals surface area contributed by atoms with Gasteiger partial charge in [0.2, 0.25) is 0 Å². The molecule has 0 spiro atoms. The first-order valence-corrected chi connectivity index (χ1v) is 6.96. The predicted octanol–water partition coefficient (Wildman–Crippen LogP) is 2.67. The lowest BCUT2D eigenvalue weighted by Gasteiger charge is -2.06. The molecule has 0 bridgehead atoms. The van der Waals surface area contributed by atoms with Crippen LogP contribution in [0, 0.1) is 11.8 Å². The molecule has 0 aromatic carbocycles. The molecule has 0 aliphatic carbocycles. The van der Waals surface area contributed by atoms with Crippen molar-refractivity contribution in [2.24, 2.45) is 21.8 Å². The quantitative estimate of drug-likeness (QED) is 0.755. The zero-order valence-corrected chi connectivity index (χ0v) is 11.8. The van der Waals surface area contributed by atoms with Crippen LogP contribution in [0.3, 0.4) is 0 Å². The van der Waals surface area contributed by atoms with Crippen molar-refractivity contribution in [1.29, 1.82) is 0 Å². The molecule has 2 heterocycles. The van der Waals surface area contributed by atoms with Crippen molar-refractivity contribution < 1.29 is 9.47 Å². The maximum absolute atomic E-state index is 5.60. The van der Waals surface area contributed by atoms with Crippen LogP contribution in [0.4, 0.5) is 0 Å². The molecule has 0 saturated carbocycles. The van der Waals surface area contributed by atoms with Gasteiger partial charge in [0.1, 0.15) is 13.2 Å². The second-order valence-electron chi connectivity index (χ2n) is 6.06. The van der Waals surface area contributed by atoms with Crippen LogP contribution >= 0.6 is 0 Å². The molecule has 0 radical (unpaired) electrons. The fourth-order valence-electron chi connectivity index (χ4n) is 2.39. The fourth-order valence-corrected chi connectivity index (χ4v) is 2.39. The Morgan fingerprint density at radius 2 is 1.28 bits per heavy atom. The smallest absolute Gasteiger partial charge is 0.273 e. The van der Waals surface area contributed by atoms with Gasteiger partial charge in [0.15, 0.2) is 0 Å². The molecule has 18 heavy (non-hydrogen) atoms. The van der Waals surface area contributed by atoms with Crippen LogP contribution in [-0.2, 0) is 9.47 Å². The SMILES string of the molecule is CC(C)C[C@@H]1COC(C2=N[C@H](CC(C)C)CO2)=N1. The molecular weight excluding hydrogens is 228 g/mol. The van der Waals surface area contributed by atoms with Crippen LogP contribution in [-0.4, -0.2) is 37.1 Å². The van der Waals surface area contributed by atoms with Gasteiger partial charge in [-0.15, -0.1) is 0 Å². The van der Waals surface area contributed by atoms with Crippen LogP contribution in [0.15, 0.2) is 9.98 Å². The van der Waals surface area contributed by atoms with E-state index in [2.05, 4.69) is 37.7 Å². The summed E-state index contributed by atoms with van der Waals surface area (Å²) in [6, 6.07) is 0.547. The van der Waals surface area contributed by atoms with Crippen molar-refractivity contribution in [3.63, 3.8) is 0 Å². The molecule has 0 unspecified atom stereocenters. The van der Waals surface area contributed by atoms with Crippen LogP contribution in [0.5, 0.6) is 0 Å². The molecule has 0 saturated heterocycles. The lowest BCUT2D eigenvalue weighted by molar-refractivity contribution is 0.281. The van der Waals surface area contributed by atoms with Gasteiger partial charge in [-0.2, -0.15) is 0 Å². The summed E-state index contributed by atoms with van der Waals surface area (Å²) in [7, 11) is 0. The lowest BCUT2D eigenvalue weighted by atomic mass is 10.1. The Kier molecular flexibility index (Phi) is 4.25. The van der Waals surface area contributed by atoms with E-state index < -0.39 is 0 Å². The van der Waals surface area contributed by atoms with Gasteiger partial charge in [-0.05, 0) is 24.7 Å². The standard InChI is InChI=1S/C14H24N2O2/c1-9(2)5-11-7-17-13(15-11)14-16-12(8-18-14)6-10(3)4/h9-12H,5-8H2,1-4H3/t11-,12-/m1/s1. The molecule has 0 N–H and O–H groups in total. The average molecular weight is 252 g/mol. The van der Waals surface area contributed by atoms with Crippen LogP contribution in [0.2, 0.25) is 0 Å². The van der Waals surface area contributed by atoms with Gasteiger partial charge >= 0.3 is 0 Å². The number of ether oxygens (including phenoxy) is 2. The van der Waals surface area contributed by atoms with Crippen molar-refractivity contribution >= 4 is 11.8 Å². The van der Waals surface area contributed by atoms with E-state index in [0.717, 1.165) is 12.8 Å². The van der Waals surface area contributed by atoms with E-state index in [1.54, 1.807) is 0 Å². The second kappa shape index (κ2) is 5.72. The van der Waals surface area contributed by atoms with Crippen LogP contribution in [0.25, 0.3) is 0 Å². The molecule has 0 fully saturated rings. The molecule has 0 aromatic rings. The maximum atomic E-state index is 5.60. The Labute approximate surface area is 109 Å². The summed E-state index contributed by atoms with van der Waals surface area (Å²) in [5.74, 6) is 2.52. The summed E-state index contributed by atoms with van der Waals surface area (Å²) in [5, 5.41) is 0. The molecular formula is C14H24N2O2. The normalized spacial score (nSPS) is 27.2. The first-order valence-electron chi connectivity index (χ1n) is 6.96. The summed E-state index contributed by atoms with van der Waals surface area (Å²) in [6.45, 7) is 10.2. The van der Waals surface area contributed by atoms with E-state index >= 15 is 0 Å². The van der Waals surface area contributed by atoms with Crippen LogP contribution < -0.4 is 0 Å². The Hall–Kier alpha value is -1.06. The minimum Gasteiger partial charge on any atom is -0.472 e. The topological polar surface area (TPSA) is 43.2 Å². The molecule has 0 amide bonds. The monoisotopic (exact) mass is 252 g/mol. The summed E-state index contributed by atoms with van der Waals surface area (Å²) in [4.78, 5) is 9.12. The van der Waals surface area contributed by atoms with Gasteiger partial charge in [0.05, 0.1) is 12.1 Å². The summed E-state index contributed by atoms with van der Waals surface area (Å²) < 4.78 is 11.2. The fraction of sp³-hybridized carbons (Fsp3) is 0.857. The molecule has 102 valence electrons. The van der Waals surface area contributed by atoms with Crippen molar-refractivity contribution in [3.05, 3.63) is 0 Å². The third kappa shape index (κ3) is 3.47. The van der Waals surface area contributed by atoms with E-state index in [1.165, 1.54) is 0 Å². The maximum Gasteiger partial charge on any atom is 0.273 e. The zero-order valence-electron chi connectivity index (χ0n) is 11.8. The van der Waals surface area contributed by atoms with E-state index in [4.69, 9.17) is 9.47 Å². The second-order valence-corrected chi connectivity index (χ2v) is 6.06. The molecule has 2 atom stereocenters. The molecule has 2 aliphatic heterocycles. The van der Waals surface area contributed by atoms with Gasteiger partial charge in [0, 0.05) is 0 Å². The highest BCUT2D eigenvalue weighted by Crippen LogP contribution is 2.19. The highest BCUT2D eigenvalue weighted by molar-refractivity contribution is 6.36. The van der Waals surface area contributed by atoms with E-state index in [-0.39, 0.29) is 12.1 Å². The predicted molar refractivity (Wildman–Crippen MR) is 73.3 cm³/mol. The minimum absolute atomic E-state index is 0.274. The van der Waals surface area contributed by atoms with Crippen molar-refractivity contribution in [2.45, 2.75) is 52.6 Å². The zero-order chi connectivity index (χ0) is 13.1. The van der Waals surface area contributed by atoms with Gasteiger partial charge in [-0.3, -0.25) is 0 Å². The summed E-state index contributed by atoms with van der Waals surface area (Å²) in [5.41, 5.74) is 0. The van der Waals surface area contributed by atoms with E-state index in [0.29, 0.717) is 36.8 Å². The van der Waals surface area contributed by atoms with Gasteiger partial charge < -0.3 is 9.47 Å². The lowest BCUT2D eigenvalue weighted by Crippen LogP contribution is -2.14. The molecule has 2 aliphatic rings. The van der Waals surface area contributed by atoms with E-state index in [9.17, 15) is 0 Å². The number of aliphatic imine (C=N–C) groups is 2. The number of rotatable bonds is 5. The van der Waals surface area contributed by atoms with Gasteiger partial charge in [-0.25, -0.2) is 9.98 Å².